The molecule has 1 N–H and O–H groups in total. The fourth-order valence-corrected chi connectivity index (χ4v) is 3.46. The standard InChI is InChI=1S/C27H25N3O2/c1-20-8-9-21(2)30(20)25-14-12-24(13-15-25)27(31)29-28-18-22-10-16-26(17-11-22)32-19-23-6-4-3-5-7-23/h3-18H,19H2,1-2H3,(H,29,31)/b28-18-. The second-order valence-electron chi connectivity index (χ2n) is 7.54. The van der Waals surface area contributed by atoms with Crippen LogP contribution in [0.1, 0.15) is 32.9 Å². The Hall–Kier alpha value is -4.12. The topological polar surface area (TPSA) is 55.6 Å². The van der Waals surface area contributed by atoms with Crippen LogP contribution in [0.15, 0.2) is 96.1 Å². The van der Waals surface area contributed by atoms with Crippen molar-refractivity contribution >= 4 is 12.1 Å². The number of nitrogens with one attached hydrogen (secondary N) is 1. The fraction of sp³-hybridized carbons (Fsp3) is 0.111. The number of carbonyl (C=O) groups excluding carboxylic acids is 1. The van der Waals surface area contributed by atoms with Crippen molar-refractivity contribution in [3.63, 3.8) is 0 Å². The van der Waals surface area contributed by atoms with Crippen LogP contribution in [0.5, 0.6) is 5.75 Å². The monoisotopic (exact) mass is 423 g/mol. The number of hydrogen-bond acceptors (Lipinski definition) is 3. The van der Waals surface area contributed by atoms with Gasteiger partial charge in [-0.3, -0.25) is 4.79 Å². The lowest BCUT2D eigenvalue weighted by molar-refractivity contribution is 0.0955. The van der Waals surface area contributed by atoms with E-state index in [-0.39, 0.29) is 5.91 Å². The summed E-state index contributed by atoms with van der Waals surface area (Å²) in [6.45, 7) is 4.64. The molecule has 0 spiro atoms. The number of rotatable bonds is 7. The highest BCUT2D eigenvalue weighted by molar-refractivity contribution is 5.95. The van der Waals surface area contributed by atoms with Gasteiger partial charge in [-0.2, -0.15) is 5.10 Å². The highest BCUT2D eigenvalue weighted by Crippen LogP contribution is 2.17. The molecule has 32 heavy (non-hydrogen) atoms. The first-order valence-electron chi connectivity index (χ1n) is 10.5. The molecule has 4 aromatic rings. The number of amides is 1. The van der Waals surface area contributed by atoms with Crippen molar-refractivity contribution in [1.29, 1.82) is 0 Å². The molecule has 4 rings (SSSR count). The number of hydrazone groups is 1. The minimum absolute atomic E-state index is 0.253. The van der Waals surface area contributed by atoms with Crippen LogP contribution in [0.3, 0.4) is 0 Å². The number of hydrogen-bond donors (Lipinski definition) is 1. The summed E-state index contributed by atoms with van der Waals surface area (Å²) in [6.07, 6.45) is 1.61. The van der Waals surface area contributed by atoms with Gasteiger partial charge in [0, 0.05) is 22.6 Å². The Morgan fingerprint density at radius 3 is 2.19 bits per heavy atom. The predicted molar refractivity (Wildman–Crippen MR) is 128 cm³/mol. The van der Waals surface area contributed by atoms with E-state index in [1.165, 1.54) is 0 Å². The number of aromatic nitrogens is 1. The van der Waals surface area contributed by atoms with Crippen LogP contribution in [0.25, 0.3) is 5.69 Å². The fourth-order valence-electron chi connectivity index (χ4n) is 3.46. The van der Waals surface area contributed by atoms with Crippen LogP contribution < -0.4 is 10.2 Å². The van der Waals surface area contributed by atoms with Crippen LogP contribution in [-0.4, -0.2) is 16.7 Å². The second kappa shape index (κ2) is 9.79. The Morgan fingerprint density at radius 1 is 0.875 bits per heavy atom. The zero-order chi connectivity index (χ0) is 22.3. The first-order chi connectivity index (χ1) is 15.6. The lowest BCUT2D eigenvalue weighted by Crippen LogP contribution is -2.17. The van der Waals surface area contributed by atoms with Crippen molar-refractivity contribution < 1.29 is 9.53 Å². The molecule has 0 radical (unpaired) electrons. The summed E-state index contributed by atoms with van der Waals surface area (Å²) in [5.41, 5.74) is 8.45. The normalized spacial score (nSPS) is 10.9. The smallest absolute Gasteiger partial charge is 0.271 e. The molecule has 0 fully saturated rings. The molecule has 1 aromatic heterocycles. The number of carbonyl (C=O) groups is 1. The van der Waals surface area contributed by atoms with Crippen LogP contribution in [0.2, 0.25) is 0 Å². The molecular formula is C27H25N3O2. The number of aryl methyl sites for hydroxylation is 2. The van der Waals surface area contributed by atoms with Crippen molar-refractivity contribution in [3.05, 3.63) is 119 Å². The Labute approximate surface area is 188 Å². The van der Waals surface area contributed by atoms with Crippen LogP contribution in [0.4, 0.5) is 0 Å². The molecule has 0 saturated heterocycles. The molecule has 0 aliphatic carbocycles. The number of ether oxygens (including phenoxy) is 1. The molecule has 160 valence electrons. The largest absolute Gasteiger partial charge is 0.489 e. The van der Waals surface area contributed by atoms with Gasteiger partial charge in [0.2, 0.25) is 0 Å². The molecule has 3 aromatic carbocycles. The minimum Gasteiger partial charge on any atom is -0.489 e. The molecule has 0 aliphatic heterocycles. The lowest BCUT2D eigenvalue weighted by atomic mass is 10.2. The SMILES string of the molecule is Cc1ccc(C)n1-c1ccc(C(=O)N/N=C\c2ccc(OCc3ccccc3)cc2)cc1. The van der Waals surface area contributed by atoms with Gasteiger partial charge in [-0.25, -0.2) is 5.43 Å². The molecule has 1 heterocycles. The van der Waals surface area contributed by atoms with Crippen molar-refractivity contribution in [3.8, 4) is 11.4 Å². The molecule has 5 nitrogen and oxygen atoms in total. The van der Waals surface area contributed by atoms with Crippen LogP contribution in [0, 0.1) is 13.8 Å². The summed E-state index contributed by atoms with van der Waals surface area (Å²) in [4.78, 5) is 12.4. The van der Waals surface area contributed by atoms with Gasteiger partial charge in [-0.1, -0.05) is 30.3 Å². The van der Waals surface area contributed by atoms with E-state index in [9.17, 15) is 4.79 Å². The summed E-state index contributed by atoms with van der Waals surface area (Å²) in [5, 5.41) is 4.07. The van der Waals surface area contributed by atoms with Crippen molar-refractivity contribution in [2.75, 3.05) is 0 Å². The molecule has 0 atom stereocenters. The lowest BCUT2D eigenvalue weighted by Gasteiger charge is -2.10. The van der Waals surface area contributed by atoms with E-state index in [1.807, 2.05) is 66.7 Å². The average molecular weight is 424 g/mol. The summed E-state index contributed by atoms with van der Waals surface area (Å²) in [5.74, 6) is 0.528. The van der Waals surface area contributed by atoms with E-state index in [0.29, 0.717) is 12.2 Å². The number of benzene rings is 3. The molecule has 0 unspecified atom stereocenters. The maximum Gasteiger partial charge on any atom is 0.271 e. The minimum atomic E-state index is -0.253. The highest BCUT2D eigenvalue weighted by Gasteiger charge is 2.07. The Balaban J connectivity index is 1.31. The summed E-state index contributed by atoms with van der Waals surface area (Å²) >= 11 is 0. The first-order valence-corrected chi connectivity index (χ1v) is 10.5. The zero-order valence-corrected chi connectivity index (χ0v) is 18.2. The quantitative estimate of drug-likeness (QED) is 0.318. The van der Waals surface area contributed by atoms with Gasteiger partial charge < -0.3 is 9.30 Å². The summed E-state index contributed by atoms with van der Waals surface area (Å²) in [7, 11) is 0. The Kier molecular flexibility index (Phi) is 6.46. The molecule has 0 saturated carbocycles. The summed E-state index contributed by atoms with van der Waals surface area (Å²) < 4.78 is 7.93. The molecule has 0 aliphatic rings. The van der Waals surface area contributed by atoms with E-state index < -0.39 is 0 Å². The third kappa shape index (κ3) is 5.13. The van der Waals surface area contributed by atoms with Gasteiger partial charge in [-0.05, 0) is 85.6 Å². The van der Waals surface area contributed by atoms with Crippen molar-refractivity contribution in [2.45, 2.75) is 20.5 Å². The first kappa shape index (κ1) is 21.1. The van der Waals surface area contributed by atoms with Gasteiger partial charge in [0.05, 0.1) is 6.21 Å². The van der Waals surface area contributed by atoms with Crippen LogP contribution in [-0.2, 0) is 6.61 Å². The maximum absolute atomic E-state index is 12.4. The van der Waals surface area contributed by atoms with E-state index in [0.717, 1.165) is 34.0 Å². The Morgan fingerprint density at radius 2 is 1.53 bits per heavy atom. The maximum atomic E-state index is 12.4. The van der Waals surface area contributed by atoms with Gasteiger partial charge in [-0.15, -0.1) is 0 Å². The Bertz CT molecular complexity index is 1190. The van der Waals surface area contributed by atoms with Gasteiger partial charge in [0.25, 0.3) is 5.91 Å². The van der Waals surface area contributed by atoms with E-state index in [2.05, 4.69) is 41.1 Å². The predicted octanol–water partition coefficient (Wildman–Crippen LogP) is 5.44. The molecular weight excluding hydrogens is 398 g/mol. The molecule has 1 amide bonds. The highest BCUT2D eigenvalue weighted by atomic mass is 16.5. The van der Waals surface area contributed by atoms with Gasteiger partial charge >= 0.3 is 0 Å². The second-order valence-corrected chi connectivity index (χ2v) is 7.54. The van der Waals surface area contributed by atoms with Crippen molar-refractivity contribution in [1.82, 2.24) is 9.99 Å². The van der Waals surface area contributed by atoms with Crippen LogP contribution >= 0.6 is 0 Å². The van der Waals surface area contributed by atoms with Gasteiger partial charge in [0.1, 0.15) is 12.4 Å². The molecule has 5 heteroatoms. The average Bonchev–Trinajstić information content (AvgIpc) is 3.17. The number of nitrogens with zero attached hydrogens (tertiary/aromatic N) is 2. The van der Waals surface area contributed by atoms with Gasteiger partial charge in [0.15, 0.2) is 0 Å². The zero-order valence-electron chi connectivity index (χ0n) is 18.2. The van der Waals surface area contributed by atoms with E-state index in [1.54, 1.807) is 18.3 Å². The summed E-state index contributed by atoms with van der Waals surface area (Å²) in [6, 6.07) is 29.2. The van der Waals surface area contributed by atoms with E-state index >= 15 is 0 Å². The van der Waals surface area contributed by atoms with E-state index in [4.69, 9.17) is 4.74 Å². The molecule has 0 bridgehead atoms. The van der Waals surface area contributed by atoms with Crippen molar-refractivity contribution in [2.24, 2.45) is 5.10 Å². The third-order valence-electron chi connectivity index (χ3n) is 5.17. The third-order valence-corrected chi connectivity index (χ3v) is 5.17.